The minimum absolute atomic E-state index is 0.286. The molecule has 3 heteroatoms. The molecule has 142 valence electrons. The van der Waals surface area contributed by atoms with Crippen LogP contribution in [0.2, 0.25) is 0 Å². The summed E-state index contributed by atoms with van der Waals surface area (Å²) in [5, 5.41) is 10.8. The number of nitrogens with zero attached hydrogens (tertiary/aromatic N) is 2. The van der Waals surface area contributed by atoms with Crippen LogP contribution in [0, 0.1) is 11.8 Å². The Bertz CT molecular complexity index is 655. The first kappa shape index (κ1) is 18.1. The second-order valence-electron chi connectivity index (χ2n) is 8.86. The number of allylic oxidation sites excluding steroid dienone is 1. The van der Waals surface area contributed by atoms with E-state index < -0.39 is 0 Å². The van der Waals surface area contributed by atoms with E-state index in [1.54, 1.807) is 0 Å². The Kier molecular flexibility index (Phi) is 5.37. The van der Waals surface area contributed by atoms with Gasteiger partial charge in [0.25, 0.3) is 0 Å². The molecule has 0 radical (unpaired) electrons. The summed E-state index contributed by atoms with van der Waals surface area (Å²) in [6.07, 6.45) is 8.96. The minimum Gasteiger partial charge on any atom is -0.390 e. The van der Waals surface area contributed by atoms with Crippen LogP contribution in [0.1, 0.15) is 57.1 Å². The molecule has 1 saturated carbocycles. The monoisotopic (exact) mass is 354 g/mol. The van der Waals surface area contributed by atoms with Crippen LogP contribution in [0.5, 0.6) is 0 Å². The molecule has 2 heterocycles. The van der Waals surface area contributed by atoms with E-state index in [2.05, 4.69) is 54.0 Å². The van der Waals surface area contributed by atoms with E-state index in [0.717, 1.165) is 31.5 Å². The molecule has 2 aliphatic heterocycles. The minimum atomic E-state index is -0.286. The molecule has 26 heavy (non-hydrogen) atoms. The maximum absolute atomic E-state index is 10.8. The predicted octanol–water partition coefficient (Wildman–Crippen LogP) is 4.12. The Morgan fingerprint density at radius 1 is 1.12 bits per heavy atom. The smallest absolute Gasteiger partial charge is 0.0841 e. The molecule has 4 atom stereocenters. The van der Waals surface area contributed by atoms with Gasteiger partial charge in [-0.1, -0.05) is 43.5 Å². The van der Waals surface area contributed by atoms with Crippen molar-refractivity contribution in [3.8, 4) is 0 Å². The molecule has 4 rings (SSSR count). The molecule has 2 fully saturated rings. The van der Waals surface area contributed by atoms with Gasteiger partial charge in [0, 0.05) is 37.9 Å². The summed E-state index contributed by atoms with van der Waals surface area (Å²) in [7, 11) is 0. The zero-order valence-electron chi connectivity index (χ0n) is 16.4. The number of hydrogen-bond donors (Lipinski definition) is 1. The van der Waals surface area contributed by atoms with Crippen molar-refractivity contribution in [2.45, 2.75) is 64.6 Å². The van der Waals surface area contributed by atoms with E-state index in [4.69, 9.17) is 0 Å². The molecule has 1 saturated heterocycles. The summed E-state index contributed by atoms with van der Waals surface area (Å²) < 4.78 is 0. The van der Waals surface area contributed by atoms with Crippen molar-refractivity contribution >= 4 is 6.08 Å². The SMILES string of the molecule is CC1=Cc2ccccc2CN1CC(O)CN1CC2CCCCC2CC1C. The van der Waals surface area contributed by atoms with E-state index in [9.17, 15) is 5.11 Å². The molecule has 1 N–H and O–H groups in total. The third-order valence-corrected chi connectivity index (χ3v) is 6.96. The number of hydrogen-bond acceptors (Lipinski definition) is 3. The summed E-state index contributed by atoms with van der Waals surface area (Å²) in [6, 6.07) is 9.21. The van der Waals surface area contributed by atoms with Gasteiger partial charge in [-0.05, 0) is 55.7 Å². The van der Waals surface area contributed by atoms with Gasteiger partial charge < -0.3 is 10.0 Å². The topological polar surface area (TPSA) is 26.7 Å². The molecule has 4 unspecified atom stereocenters. The number of aliphatic hydroxyl groups excluding tert-OH is 1. The highest BCUT2D eigenvalue weighted by molar-refractivity contribution is 5.58. The van der Waals surface area contributed by atoms with Crippen molar-refractivity contribution in [1.82, 2.24) is 9.80 Å². The number of piperidine rings is 1. The fourth-order valence-corrected chi connectivity index (χ4v) is 5.41. The largest absolute Gasteiger partial charge is 0.390 e. The van der Waals surface area contributed by atoms with E-state index in [1.807, 2.05) is 0 Å². The quantitative estimate of drug-likeness (QED) is 0.881. The molecule has 0 spiro atoms. The van der Waals surface area contributed by atoms with Crippen LogP contribution < -0.4 is 0 Å². The number of rotatable bonds is 4. The Hall–Kier alpha value is -1.32. The molecule has 1 aromatic carbocycles. The van der Waals surface area contributed by atoms with E-state index in [-0.39, 0.29) is 6.10 Å². The van der Waals surface area contributed by atoms with Crippen LogP contribution in [0.4, 0.5) is 0 Å². The first-order chi connectivity index (χ1) is 12.6. The van der Waals surface area contributed by atoms with Crippen molar-refractivity contribution in [2.24, 2.45) is 11.8 Å². The summed E-state index contributed by atoms with van der Waals surface area (Å²) in [5.41, 5.74) is 3.95. The van der Waals surface area contributed by atoms with E-state index in [1.165, 1.54) is 55.5 Å². The van der Waals surface area contributed by atoms with Crippen LogP contribution in [0.15, 0.2) is 30.0 Å². The molecule has 1 aromatic rings. The Balaban J connectivity index is 1.35. The van der Waals surface area contributed by atoms with Crippen molar-refractivity contribution < 1.29 is 5.11 Å². The molecule has 0 amide bonds. The first-order valence-electron chi connectivity index (χ1n) is 10.5. The Morgan fingerprint density at radius 2 is 1.88 bits per heavy atom. The predicted molar refractivity (Wildman–Crippen MR) is 108 cm³/mol. The zero-order chi connectivity index (χ0) is 18.1. The molecular weight excluding hydrogens is 320 g/mol. The van der Waals surface area contributed by atoms with Gasteiger partial charge in [0.1, 0.15) is 0 Å². The van der Waals surface area contributed by atoms with Crippen LogP contribution in [0.3, 0.4) is 0 Å². The van der Waals surface area contributed by atoms with Crippen molar-refractivity contribution in [1.29, 1.82) is 0 Å². The lowest BCUT2D eigenvalue weighted by Crippen LogP contribution is -2.50. The zero-order valence-corrected chi connectivity index (χ0v) is 16.4. The van der Waals surface area contributed by atoms with E-state index in [0.29, 0.717) is 6.04 Å². The second kappa shape index (κ2) is 7.74. The van der Waals surface area contributed by atoms with Gasteiger partial charge in [0.2, 0.25) is 0 Å². The lowest BCUT2D eigenvalue weighted by Gasteiger charge is -2.46. The third kappa shape index (κ3) is 3.84. The average molecular weight is 355 g/mol. The molecule has 0 bridgehead atoms. The fourth-order valence-electron chi connectivity index (χ4n) is 5.41. The number of aliphatic hydroxyl groups is 1. The maximum Gasteiger partial charge on any atom is 0.0841 e. The Morgan fingerprint density at radius 3 is 2.73 bits per heavy atom. The lowest BCUT2D eigenvalue weighted by atomic mass is 9.73. The highest BCUT2D eigenvalue weighted by Crippen LogP contribution is 2.38. The van der Waals surface area contributed by atoms with Gasteiger partial charge in [0.05, 0.1) is 6.10 Å². The summed E-state index contributed by atoms with van der Waals surface area (Å²) in [4.78, 5) is 4.90. The molecule has 3 aliphatic rings. The van der Waals surface area contributed by atoms with Gasteiger partial charge in [-0.25, -0.2) is 0 Å². The summed E-state index contributed by atoms with van der Waals surface area (Å²) in [6.45, 7) is 8.18. The summed E-state index contributed by atoms with van der Waals surface area (Å²) >= 11 is 0. The molecule has 0 aromatic heterocycles. The average Bonchev–Trinajstić information content (AvgIpc) is 2.63. The van der Waals surface area contributed by atoms with Gasteiger partial charge in [0.15, 0.2) is 0 Å². The van der Waals surface area contributed by atoms with Crippen molar-refractivity contribution in [3.05, 3.63) is 41.1 Å². The normalized spacial score (nSPS) is 30.3. The van der Waals surface area contributed by atoms with Crippen LogP contribution in [-0.2, 0) is 6.54 Å². The highest BCUT2D eigenvalue weighted by atomic mass is 16.3. The highest BCUT2D eigenvalue weighted by Gasteiger charge is 2.35. The first-order valence-corrected chi connectivity index (χ1v) is 10.5. The van der Waals surface area contributed by atoms with Crippen molar-refractivity contribution in [2.75, 3.05) is 19.6 Å². The maximum atomic E-state index is 10.8. The van der Waals surface area contributed by atoms with Gasteiger partial charge >= 0.3 is 0 Å². The van der Waals surface area contributed by atoms with Crippen LogP contribution in [0.25, 0.3) is 6.08 Å². The van der Waals surface area contributed by atoms with Gasteiger partial charge in [-0.2, -0.15) is 0 Å². The second-order valence-corrected chi connectivity index (χ2v) is 8.86. The van der Waals surface area contributed by atoms with Gasteiger partial charge in [-0.15, -0.1) is 0 Å². The van der Waals surface area contributed by atoms with Crippen molar-refractivity contribution in [3.63, 3.8) is 0 Å². The lowest BCUT2D eigenvalue weighted by molar-refractivity contribution is 0.00614. The standard InChI is InChI=1S/C23H34N2O/c1-17-11-19-7-3-5-9-21(19)13-24(17)15-23(26)16-25-14-22-10-6-4-8-20(22)12-18(25)2/h3,5,7,9,11,18,20,22-23,26H,4,6,8,10,12-16H2,1-2H3. The fraction of sp³-hybridized carbons (Fsp3) is 0.652. The molecule has 1 aliphatic carbocycles. The van der Waals surface area contributed by atoms with Gasteiger partial charge in [-0.3, -0.25) is 4.90 Å². The third-order valence-electron chi connectivity index (χ3n) is 6.96. The number of likely N-dealkylation sites (tertiary alicyclic amines) is 1. The van der Waals surface area contributed by atoms with Crippen LogP contribution >= 0.6 is 0 Å². The number of benzene rings is 1. The van der Waals surface area contributed by atoms with E-state index >= 15 is 0 Å². The number of fused-ring (bicyclic) bond motifs is 2. The van der Waals surface area contributed by atoms with Crippen LogP contribution in [-0.4, -0.2) is 46.7 Å². The Labute approximate surface area is 158 Å². The number of β-amino-alcohol motifs (C(OH)–C–C–N with tert-alkyl or cyclic N) is 1. The molecule has 3 nitrogen and oxygen atoms in total. The molecular formula is C23H34N2O. The summed E-state index contributed by atoms with van der Waals surface area (Å²) in [5.74, 6) is 1.81.